The summed E-state index contributed by atoms with van der Waals surface area (Å²) in [5.41, 5.74) is 6.92. The fraction of sp³-hybridized carbons (Fsp3) is 0.190. The molecule has 0 aliphatic carbocycles. The molecule has 3 rings (SSSR count). The molecule has 0 fully saturated rings. The lowest BCUT2D eigenvalue weighted by molar-refractivity contribution is 0.0955. The minimum atomic E-state index is -0.252. The first-order chi connectivity index (χ1) is 13.5. The molecule has 0 spiro atoms. The third-order valence-electron chi connectivity index (χ3n) is 4.33. The number of ether oxygens (including phenoxy) is 1. The van der Waals surface area contributed by atoms with Crippen molar-refractivity contribution < 1.29 is 9.53 Å². The first-order valence-electron chi connectivity index (χ1n) is 8.74. The van der Waals surface area contributed by atoms with Crippen molar-refractivity contribution in [1.29, 1.82) is 0 Å². The number of methoxy groups -OCH3 is 1. The van der Waals surface area contributed by atoms with Crippen LogP contribution in [0.4, 0.5) is 0 Å². The van der Waals surface area contributed by atoms with Gasteiger partial charge in [0.25, 0.3) is 5.91 Å². The molecule has 1 N–H and O–H groups in total. The summed E-state index contributed by atoms with van der Waals surface area (Å²) in [5.74, 6) is 0.521. The molecule has 1 aromatic heterocycles. The number of rotatable bonds is 6. The van der Waals surface area contributed by atoms with E-state index in [2.05, 4.69) is 31.6 Å². The van der Waals surface area contributed by atoms with Crippen LogP contribution < -0.4 is 10.2 Å². The lowest BCUT2D eigenvalue weighted by Gasteiger charge is -2.11. The van der Waals surface area contributed by atoms with Crippen LogP contribution >= 0.6 is 15.9 Å². The summed E-state index contributed by atoms with van der Waals surface area (Å²) in [5, 5.41) is 8.61. The van der Waals surface area contributed by atoms with Crippen molar-refractivity contribution in [2.24, 2.45) is 5.10 Å². The summed E-state index contributed by atoms with van der Waals surface area (Å²) < 4.78 is 8.42. The van der Waals surface area contributed by atoms with Crippen molar-refractivity contribution in [3.8, 4) is 5.75 Å². The zero-order valence-electron chi connectivity index (χ0n) is 15.9. The van der Waals surface area contributed by atoms with Gasteiger partial charge in [0.05, 0.1) is 35.7 Å². The maximum absolute atomic E-state index is 12.1. The van der Waals surface area contributed by atoms with Crippen LogP contribution in [0.15, 0.2) is 58.1 Å². The molecular formula is C21H21BrN4O2. The molecule has 0 aliphatic rings. The number of halogens is 1. The van der Waals surface area contributed by atoms with Gasteiger partial charge in [0, 0.05) is 11.1 Å². The van der Waals surface area contributed by atoms with Crippen molar-refractivity contribution in [2.75, 3.05) is 7.11 Å². The Morgan fingerprint density at radius 3 is 2.64 bits per heavy atom. The SMILES string of the molecule is COc1ccc(/C=N\NC(=O)c2ccccc2)cc1Cn1nc(C)c(Br)c1C. The Morgan fingerprint density at radius 2 is 2.00 bits per heavy atom. The lowest BCUT2D eigenvalue weighted by atomic mass is 10.1. The van der Waals surface area contributed by atoms with E-state index in [9.17, 15) is 4.79 Å². The van der Waals surface area contributed by atoms with Crippen LogP contribution in [0.3, 0.4) is 0 Å². The number of carbonyl (C=O) groups is 1. The summed E-state index contributed by atoms with van der Waals surface area (Å²) in [6.45, 7) is 4.55. The van der Waals surface area contributed by atoms with Gasteiger partial charge in [0.15, 0.2) is 0 Å². The molecule has 0 bridgehead atoms. The van der Waals surface area contributed by atoms with Crippen LogP contribution in [0.2, 0.25) is 0 Å². The van der Waals surface area contributed by atoms with Crippen LogP contribution in [0.5, 0.6) is 5.75 Å². The van der Waals surface area contributed by atoms with Gasteiger partial charge in [-0.25, -0.2) is 5.43 Å². The Hall–Kier alpha value is -2.93. The number of benzene rings is 2. The number of aromatic nitrogens is 2. The van der Waals surface area contributed by atoms with Gasteiger partial charge >= 0.3 is 0 Å². The highest BCUT2D eigenvalue weighted by Crippen LogP contribution is 2.24. The molecule has 0 unspecified atom stereocenters. The molecule has 1 heterocycles. The predicted molar refractivity (Wildman–Crippen MR) is 113 cm³/mol. The number of amides is 1. The molecule has 3 aromatic rings. The van der Waals surface area contributed by atoms with Crippen LogP contribution in [0.25, 0.3) is 0 Å². The summed E-state index contributed by atoms with van der Waals surface area (Å²) in [6.07, 6.45) is 1.61. The van der Waals surface area contributed by atoms with E-state index in [1.165, 1.54) is 0 Å². The van der Waals surface area contributed by atoms with E-state index in [1.807, 2.05) is 54.9 Å². The summed E-state index contributed by atoms with van der Waals surface area (Å²) in [6, 6.07) is 14.7. The Morgan fingerprint density at radius 1 is 1.25 bits per heavy atom. The lowest BCUT2D eigenvalue weighted by Crippen LogP contribution is -2.17. The number of hydrogen-bond donors (Lipinski definition) is 1. The summed E-state index contributed by atoms with van der Waals surface area (Å²) >= 11 is 3.55. The van der Waals surface area contributed by atoms with Crippen molar-refractivity contribution in [3.05, 3.63) is 81.1 Å². The smallest absolute Gasteiger partial charge is 0.271 e. The zero-order valence-corrected chi connectivity index (χ0v) is 17.5. The Bertz CT molecular complexity index is 1010. The molecule has 28 heavy (non-hydrogen) atoms. The average molecular weight is 441 g/mol. The summed E-state index contributed by atoms with van der Waals surface area (Å²) in [4.78, 5) is 12.1. The van der Waals surface area contributed by atoms with Gasteiger partial charge in [-0.3, -0.25) is 9.48 Å². The highest BCUT2D eigenvalue weighted by Gasteiger charge is 2.12. The second-order valence-electron chi connectivity index (χ2n) is 6.28. The number of carbonyl (C=O) groups excluding carboxylic acids is 1. The molecule has 0 aliphatic heterocycles. The minimum absolute atomic E-state index is 0.252. The van der Waals surface area contributed by atoms with Crippen molar-refractivity contribution in [3.63, 3.8) is 0 Å². The van der Waals surface area contributed by atoms with Gasteiger partial charge in [0.1, 0.15) is 5.75 Å². The molecule has 0 atom stereocenters. The third-order valence-corrected chi connectivity index (χ3v) is 5.48. The standard InChI is InChI=1S/C21H21BrN4O2/c1-14-20(22)15(2)26(25-14)13-18-11-16(9-10-19(18)28-3)12-23-24-21(27)17-7-5-4-6-8-17/h4-12H,13H2,1-3H3,(H,24,27)/b23-12-. The van der Waals surface area contributed by atoms with Crippen molar-refractivity contribution in [1.82, 2.24) is 15.2 Å². The van der Waals surface area contributed by atoms with E-state index >= 15 is 0 Å². The molecule has 7 heteroatoms. The monoisotopic (exact) mass is 440 g/mol. The second-order valence-corrected chi connectivity index (χ2v) is 7.07. The first-order valence-corrected chi connectivity index (χ1v) is 9.53. The van der Waals surface area contributed by atoms with Crippen molar-refractivity contribution in [2.45, 2.75) is 20.4 Å². The van der Waals surface area contributed by atoms with Gasteiger partial charge in [-0.1, -0.05) is 18.2 Å². The number of nitrogens with one attached hydrogen (secondary N) is 1. The van der Waals surface area contributed by atoms with Crippen LogP contribution in [-0.2, 0) is 6.54 Å². The number of nitrogens with zero attached hydrogens (tertiary/aromatic N) is 3. The van der Waals surface area contributed by atoms with Crippen LogP contribution in [0, 0.1) is 13.8 Å². The van der Waals surface area contributed by atoms with Gasteiger partial charge in [-0.2, -0.15) is 10.2 Å². The fourth-order valence-corrected chi connectivity index (χ4v) is 3.10. The van der Waals surface area contributed by atoms with E-state index in [0.29, 0.717) is 12.1 Å². The number of hydrogen-bond acceptors (Lipinski definition) is 4. The van der Waals surface area contributed by atoms with Crippen molar-refractivity contribution >= 4 is 28.1 Å². The topological polar surface area (TPSA) is 68.5 Å². The first kappa shape index (κ1) is 19.8. The molecule has 1 amide bonds. The highest BCUT2D eigenvalue weighted by atomic mass is 79.9. The number of hydrazone groups is 1. The van der Waals surface area contributed by atoms with E-state index in [0.717, 1.165) is 32.7 Å². The zero-order chi connectivity index (χ0) is 20.1. The van der Waals surface area contributed by atoms with Gasteiger partial charge in [-0.05, 0) is 65.7 Å². The average Bonchev–Trinajstić information content (AvgIpc) is 2.95. The van der Waals surface area contributed by atoms with Gasteiger partial charge < -0.3 is 4.74 Å². The maximum atomic E-state index is 12.1. The Labute approximate surface area is 172 Å². The Balaban J connectivity index is 1.77. The normalized spacial score (nSPS) is 11.0. The van der Waals surface area contributed by atoms with Gasteiger partial charge in [0.2, 0.25) is 0 Å². The van der Waals surface area contributed by atoms with E-state index in [4.69, 9.17) is 4.74 Å². The minimum Gasteiger partial charge on any atom is -0.496 e. The summed E-state index contributed by atoms with van der Waals surface area (Å²) in [7, 11) is 1.64. The molecule has 2 aromatic carbocycles. The third kappa shape index (κ3) is 4.48. The molecule has 144 valence electrons. The van der Waals surface area contributed by atoms with E-state index < -0.39 is 0 Å². The van der Waals surface area contributed by atoms with Crippen LogP contribution in [-0.4, -0.2) is 29.0 Å². The second kappa shape index (κ2) is 8.84. The molecule has 6 nitrogen and oxygen atoms in total. The number of aryl methyl sites for hydroxylation is 1. The largest absolute Gasteiger partial charge is 0.496 e. The van der Waals surface area contributed by atoms with Gasteiger partial charge in [-0.15, -0.1) is 0 Å². The quantitative estimate of drug-likeness (QED) is 0.463. The predicted octanol–water partition coefficient (Wildman–Crippen LogP) is 4.08. The molecule has 0 radical (unpaired) electrons. The highest BCUT2D eigenvalue weighted by molar-refractivity contribution is 9.10. The van der Waals surface area contributed by atoms with E-state index in [1.54, 1.807) is 25.5 Å². The fourth-order valence-electron chi connectivity index (χ4n) is 2.81. The Kier molecular flexibility index (Phi) is 6.26. The van der Waals surface area contributed by atoms with Crippen LogP contribution in [0.1, 0.15) is 32.9 Å². The molecule has 0 saturated heterocycles. The molecule has 0 saturated carbocycles. The molecular weight excluding hydrogens is 420 g/mol. The van der Waals surface area contributed by atoms with E-state index in [-0.39, 0.29) is 5.91 Å². The maximum Gasteiger partial charge on any atom is 0.271 e.